The molecule has 1 aliphatic heterocycles. The highest BCUT2D eigenvalue weighted by Gasteiger charge is 2.23. The highest BCUT2D eigenvalue weighted by molar-refractivity contribution is 6.30. The van der Waals surface area contributed by atoms with Crippen LogP contribution in [-0.4, -0.2) is 51.9 Å². The first-order valence-electron chi connectivity index (χ1n) is 8.16. The first kappa shape index (κ1) is 16.5. The average Bonchev–Trinajstić information content (AvgIpc) is 3.00. The molecule has 0 spiro atoms. The largest absolute Gasteiger partial charge is 0.478 e. The second-order valence-corrected chi connectivity index (χ2v) is 6.54. The summed E-state index contributed by atoms with van der Waals surface area (Å²) in [7, 11) is 0. The summed E-state index contributed by atoms with van der Waals surface area (Å²) >= 11 is 6.07. The van der Waals surface area contributed by atoms with Crippen molar-refractivity contribution in [3.8, 4) is 0 Å². The second-order valence-electron chi connectivity index (χ2n) is 6.10. The number of halogens is 1. The van der Waals surface area contributed by atoms with Crippen LogP contribution < -0.4 is 15.5 Å². The fourth-order valence-corrected chi connectivity index (χ4v) is 3.42. The zero-order valence-electron chi connectivity index (χ0n) is 13.8. The van der Waals surface area contributed by atoms with Crippen LogP contribution in [-0.2, 0) is 0 Å². The number of nitrogen functional groups attached to an aromatic ring is 1. The molecule has 0 atom stereocenters. The van der Waals surface area contributed by atoms with E-state index in [1.807, 2.05) is 29.2 Å². The molecule has 0 bridgehead atoms. The van der Waals surface area contributed by atoms with E-state index in [1.54, 1.807) is 6.20 Å². The van der Waals surface area contributed by atoms with Crippen molar-refractivity contribution >= 4 is 40.5 Å². The summed E-state index contributed by atoms with van der Waals surface area (Å²) in [5.74, 6) is -0.884. The van der Waals surface area contributed by atoms with Crippen LogP contribution in [0.5, 0.6) is 0 Å². The van der Waals surface area contributed by atoms with Gasteiger partial charge in [-0.1, -0.05) is 17.7 Å². The van der Waals surface area contributed by atoms with E-state index in [-0.39, 0.29) is 11.5 Å². The van der Waals surface area contributed by atoms with Crippen molar-refractivity contribution in [1.29, 1.82) is 0 Å². The number of pyridine rings is 1. The van der Waals surface area contributed by atoms with Gasteiger partial charge in [0.1, 0.15) is 0 Å². The maximum atomic E-state index is 11.7. The number of hydrogen-bond donors (Lipinski definition) is 2. The number of carboxylic acid groups (broad SMARTS) is 1. The van der Waals surface area contributed by atoms with E-state index in [0.29, 0.717) is 29.4 Å². The van der Waals surface area contributed by atoms with Gasteiger partial charge < -0.3 is 20.6 Å². The van der Waals surface area contributed by atoms with Crippen molar-refractivity contribution in [3.63, 3.8) is 0 Å². The summed E-state index contributed by atoms with van der Waals surface area (Å²) in [4.78, 5) is 20.0. The fraction of sp³-hybridized carbons (Fsp3) is 0.235. The standard InChI is InChI=1S/C17H17ClN6O2/c18-11-2-1-3-12(8-11)22-4-6-23(7-5-22)14-10-24-15(20-17(19)21-24)9-13(14)16(25)26/h1-3,8-10H,4-7H2,(H2,19,21)(H,25,26). The van der Waals surface area contributed by atoms with Gasteiger partial charge in [0.15, 0.2) is 5.65 Å². The van der Waals surface area contributed by atoms with Gasteiger partial charge in [-0.3, -0.25) is 0 Å². The maximum Gasteiger partial charge on any atom is 0.338 e. The number of anilines is 3. The van der Waals surface area contributed by atoms with Crippen LogP contribution in [0.3, 0.4) is 0 Å². The van der Waals surface area contributed by atoms with E-state index in [4.69, 9.17) is 17.3 Å². The maximum absolute atomic E-state index is 11.7. The molecule has 0 aliphatic carbocycles. The molecule has 134 valence electrons. The molecule has 3 N–H and O–H groups in total. The summed E-state index contributed by atoms with van der Waals surface area (Å²) in [6.07, 6.45) is 1.68. The van der Waals surface area contributed by atoms with Gasteiger partial charge in [-0.15, -0.1) is 5.10 Å². The molecule has 0 radical (unpaired) electrons. The van der Waals surface area contributed by atoms with Crippen molar-refractivity contribution in [2.24, 2.45) is 0 Å². The van der Waals surface area contributed by atoms with Crippen molar-refractivity contribution < 1.29 is 9.90 Å². The lowest BCUT2D eigenvalue weighted by Crippen LogP contribution is -2.47. The van der Waals surface area contributed by atoms with Crippen molar-refractivity contribution in [2.45, 2.75) is 0 Å². The summed E-state index contributed by atoms with van der Waals surface area (Å²) in [6.45, 7) is 2.89. The number of fused-ring (bicyclic) bond motifs is 1. The lowest BCUT2D eigenvalue weighted by molar-refractivity contribution is 0.0697. The van der Waals surface area contributed by atoms with Crippen molar-refractivity contribution in [1.82, 2.24) is 14.6 Å². The zero-order chi connectivity index (χ0) is 18.3. The summed E-state index contributed by atoms with van der Waals surface area (Å²) in [5.41, 5.74) is 7.91. The monoisotopic (exact) mass is 372 g/mol. The zero-order valence-corrected chi connectivity index (χ0v) is 14.6. The Hall–Kier alpha value is -3.00. The first-order chi connectivity index (χ1) is 12.5. The van der Waals surface area contributed by atoms with Gasteiger partial charge in [-0.2, -0.15) is 4.98 Å². The topological polar surface area (TPSA) is 100.0 Å². The minimum Gasteiger partial charge on any atom is -0.478 e. The van der Waals surface area contributed by atoms with E-state index >= 15 is 0 Å². The van der Waals surface area contributed by atoms with Gasteiger partial charge in [0.2, 0.25) is 5.95 Å². The number of piperazine rings is 1. The number of rotatable bonds is 3. The molecule has 2 aromatic heterocycles. The summed E-state index contributed by atoms with van der Waals surface area (Å²) < 4.78 is 1.51. The highest BCUT2D eigenvalue weighted by atomic mass is 35.5. The van der Waals surface area contributed by atoms with E-state index in [1.165, 1.54) is 10.6 Å². The van der Waals surface area contributed by atoms with Crippen molar-refractivity contribution in [3.05, 3.63) is 47.1 Å². The van der Waals surface area contributed by atoms with E-state index < -0.39 is 5.97 Å². The molecule has 9 heteroatoms. The number of nitrogens with two attached hydrogens (primary N) is 1. The Kier molecular flexibility index (Phi) is 4.04. The molecule has 3 heterocycles. The minimum absolute atomic E-state index is 0.115. The van der Waals surface area contributed by atoms with Gasteiger partial charge in [0.25, 0.3) is 0 Å². The van der Waals surface area contributed by atoms with Gasteiger partial charge in [-0.05, 0) is 24.3 Å². The number of hydrogen-bond acceptors (Lipinski definition) is 6. The van der Waals surface area contributed by atoms with Crippen LogP contribution in [0.1, 0.15) is 10.4 Å². The Balaban J connectivity index is 1.60. The van der Waals surface area contributed by atoms with E-state index in [2.05, 4.69) is 15.0 Å². The molecule has 26 heavy (non-hydrogen) atoms. The molecule has 0 amide bonds. The Morgan fingerprint density at radius 2 is 1.88 bits per heavy atom. The Labute approximate surface area is 154 Å². The van der Waals surface area contributed by atoms with E-state index in [9.17, 15) is 9.90 Å². The smallest absolute Gasteiger partial charge is 0.338 e. The molecule has 4 rings (SSSR count). The normalized spacial score (nSPS) is 14.8. The van der Waals surface area contributed by atoms with Crippen LogP contribution in [0.25, 0.3) is 5.65 Å². The quantitative estimate of drug-likeness (QED) is 0.725. The van der Waals surface area contributed by atoms with Crippen LogP contribution in [0.4, 0.5) is 17.3 Å². The predicted octanol–water partition coefficient (Wildman–Crippen LogP) is 1.99. The molecule has 3 aromatic rings. The molecule has 1 fully saturated rings. The number of benzene rings is 1. The fourth-order valence-electron chi connectivity index (χ4n) is 3.24. The van der Waals surface area contributed by atoms with Gasteiger partial charge in [0, 0.05) is 36.9 Å². The third-order valence-electron chi connectivity index (χ3n) is 4.49. The van der Waals surface area contributed by atoms with Crippen LogP contribution in [0, 0.1) is 0 Å². The molecule has 8 nitrogen and oxygen atoms in total. The highest BCUT2D eigenvalue weighted by Crippen LogP contribution is 2.26. The molecule has 0 saturated carbocycles. The second kappa shape index (κ2) is 6.38. The Bertz CT molecular complexity index is 981. The molecular weight excluding hydrogens is 356 g/mol. The van der Waals surface area contributed by atoms with Gasteiger partial charge in [0.05, 0.1) is 17.4 Å². The molecular formula is C17H17ClN6O2. The Morgan fingerprint density at radius 1 is 1.15 bits per heavy atom. The summed E-state index contributed by atoms with van der Waals surface area (Å²) in [6, 6.07) is 9.23. The van der Waals surface area contributed by atoms with Crippen LogP contribution in [0.2, 0.25) is 5.02 Å². The number of carbonyl (C=O) groups is 1. The SMILES string of the molecule is Nc1nc2cc(C(=O)O)c(N3CCN(c4cccc(Cl)c4)CC3)cn2n1. The van der Waals surface area contributed by atoms with Gasteiger partial charge in [-0.25, -0.2) is 9.31 Å². The minimum atomic E-state index is -0.999. The average molecular weight is 373 g/mol. The number of aromatic nitrogens is 3. The first-order valence-corrected chi connectivity index (χ1v) is 8.54. The molecule has 1 saturated heterocycles. The number of nitrogens with zero attached hydrogens (tertiary/aromatic N) is 5. The van der Waals surface area contributed by atoms with Crippen LogP contribution in [0.15, 0.2) is 36.5 Å². The van der Waals surface area contributed by atoms with Crippen LogP contribution >= 0.6 is 11.6 Å². The Morgan fingerprint density at radius 3 is 2.58 bits per heavy atom. The van der Waals surface area contributed by atoms with Gasteiger partial charge >= 0.3 is 5.97 Å². The summed E-state index contributed by atoms with van der Waals surface area (Å²) in [5, 5.41) is 14.4. The molecule has 1 aromatic carbocycles. The molecule has 1 aliphatic rings. The number of carboxylic acids is 1. The van der Waals surface area contributed by atoms with Crippen molar-refractivity contribution in [2.75, 3.05) is 41.7 Å². The molecule has 0 unspecified atom stereocenters. The third-order valence-corrected chi connectivity index (χ3v) is 4.73. The number of aromatic carboxylic acids is 1. The predicted molar refractivity (Wildman–Crippen MR) is 100 cm³/mol. The third kappa shape index (κ3) is 2.99. The lowest BCUT2D eigenvalue weighted by atomic mass is 10.1. The van der Waals surface area contributed by atoms with E-state index in [0.717, 1.165) is 18.8 Å². The lowest BCUT2D eigenvalue weighted by Gasteiger charge is -2.37.